The zero-order valence-corrected chi connectivity index (χ0v) is 18.9. The summed E-state index contributed by atoms with van der Waals surface area (Å²) in [7, 11) is 0. The molecule has 1 fully saturated rings. The van der Waals surface area contributed by atoms with Gasteiger partial charge in [-0.15, -0.1) is 0 Å². The Morgan fingerprint density at radius 2 is 1.79 bits per heavy atom. The molecule has 6 heteroatoms. The second kappa shape index (κ2) is 10.2. The second-order valence-electron chi connectivity index (χ2n) is 8.54. The zero-order chi connectivity index (χ0) is 23.3. The molecule has 0 unspecified atom stereocenters. The van der Waals surface area contributed by atoms with Gasteiger partial charge < -0.3 is 19.4 Å². The van der Waals surface area contributed by atoms with Gasteiger partial charge in [0.2, 0.25) is 0 Å². The molecule has 0 aliphatic heterocycles. The molecule has 0 atom stereocenters. The number of aliphatic hydroxyl groups is 2. The average molecular weight is 450 g/mol. The van der Waals surface area contributed by atoms with Crippen molar-refractivity contribution in [2.24, 2.45) is 0 Å². The summed E-state index contributed by atoms with van der Waals surface area (Å²) in [5.74, 6) is -2.53. The number of carbonyl (C=O) groups excluding carboxylic acids is 1. The van der Waals surface area contributed by atoms with Crippen molar-refractivity contribution in [3.63, 3.8) is 0 Å². The molecule has 0 saturated heterocycles. The lowest BCUT2D eigenvalue weighted by molar-refractivity contribution is -0.259. The third-order valence-corrected chi connectivity index (χ3v) is 5.96. The Balaban J connectivity index is 1.55. The molecule has 174 valence electrons. The maximum Gasteiger partial charge on any atom is 0.281 e. The van der Waals surface area contributed by atoms with Crippen LogP contribution in [0.1, 0.15) is 61.4 Å². The minimum atomic E-state index is -2.48. The molecule has 2 aromatic carbocycles. The van der Waals surface area contributed by atoms with Gasteiger partial charge in [0.25, 0.3) is 11.8 Å². The van der Waals surface area contributed by atoms with E-state index < -0.39 is 11.8 Å². The fourth-order valence-corrected chi connectivity index (χ4v) is 3.98. The minimum Gasteiger partial charge on any atom is -0.493 e. The van der Waals surface area contributed by atoms with Gasteiger partial charge in [0.1, 0.15) is 5.75 Å². The topological polar surface area (TPSA) is 83.1 Å². The number of para-hydroxylation sites is 1. The second-order valence-corrected chi connectivity index (χ2v) is 8.54. The highest BCUT2D eigenvalue weighted by atomic mass is 16.5. The van der Waals surface area contributed by atoms with Crippen LogP contribution in [-0.2, 0) is 5.91 Å². The van der Waals surface area contributed by atoms with E-state index in [4.69, 9.17) is 9.15 Å². The van der Waals surface area contributed by atoms with Crippen molar-refractivity contribution in [2.45, 2.75) is 57.4 Å². The first-order valence-corrected chi connectivity index (χ1v) is 11.7. The Morgan fingerprint density at radius 1 is 1.03 bits per heavy atom. The molecular weight excluding hydrogens is 418 g/mol. The van der Waals surface area contributed by atoms with E-state index in [2.05, 4.69) is 6.92 Å². The van der Waals surface area contributed by atoms with Gasteiger partial charge >= 0.3 is 0 Å². The third-order valence-electron chi connectivity index (χ3n) is 5.96. The maximum absolute atomic E-state index is 13.4. The SMILES string of the molecule is CCCCCCOc1ccccc1C(O)(O)N(C(=O)c1ccc(-c2ccoc2)cc1)C1CC1. The summed E-state index contributed by atoms with van der Waals surface area (Å²) in [5, 5.41) is 22.6. The third kappa shape index (κ3) is 5.29. The summed E-state index contributed by atoms with van der Waals surface area (Å²) >= 11 is 0. The smallest absolute Gasteiger partial charge is 0.281 e. The van der Waals surface area contributed by atoms with Crippen LogP contribution in [0.5, 0.6) is 5.75 Å². The Morgan fingerprint density at radius 3 is 2.45 bits per heavy atom. The number of rotatable bonds is 11. The Kier molecular flexibility index (Phi) is 7.16. The Labute approximate surface area is 194 Å². The molecule has 1 aliphatic carbocycles. The minimum absolute atomic E-state index is 0.177. The van der Waals surface area contributed by atoms with Crippen LogP contribution in [0.2, 0.25) is 0 Å². The van der Waals surface area contributed by atoms with Gasteiger partial charge in [-0.2, -0.15) is 0 Å². The van der Waals surface area contributed by atoms with Gasteiger partial charge in [-0.1, -0.05) is 50.5 Å². The lowest BCUT2D eigenvalue weighted by Gasteiger charge is -2.36. The van der Waals surface area contributed by atoms with Crippen LogP contribution < -0.4 is 4.74 Å². The van der Waals surface area contributed by atoms with E-state index in [1.165, 1.54) is 4.90 Å². The standard InChI is InChI=1S/C27H31NO5/c1-2-3-4-7-17-33-25-9-6-5-8-24(25)27(30,31)28(23-14-15-23)26(29)21-12-10-20(11-13-21)22-16-18-32-19-22/h5-6,8-13,16,18-19,23,30-31H,2-4,7,14-15,17H2,1H3. The fourth-order valence-electron chi connectivity index (χ4n) is 3.98. The van der Waals surface area contributed by atoms with Crippen molar-refractivity contribution < 1.29 is 24.2 Å². The van der Waals surface area contributed by atoms with Crippen LogP contribution in [0.15, 0.2) is 71.5 Å². The number of benzene rings is 2. The van der Waals surface area contributed by atoms with Crippen LogP contribution in [0.3, 0.4) is 0 Å². The first-order valence-electron chi connectivity index (χ1n) is 11.7. The molecule has 1 aliphatic rings. The average Bonchev–Trinajstić information content (AvgIpc) is 3.49. The highest BCUT2D eigenvalue weighted by Crippen LogP contribution is 2.40. The number of amides is 1. The number of ether oxygens (including phenoxy) is 1. The largest absolute Gasteiger partial charge is 0.493 e. The van der Waals surface area contributed by atoms with Crippen LogP contribution in [-0.4, -0.2) is 33.7 Å². The highest BCUT2D eigenvalue weighted by Gasteiger charge is 2.48. The molecule has 1 heterocycles. The van der Waals surface area contributed by atoms with E-state index in [1.807, 2.05) is 18.2 Å². The van der Waals surface area contributed by atoms with Gasteiger partial charge in [0, 0.05) is 17.2 Å². The van der Waals surface area contributed by atoms with Crippen LogP contribution >= 0.6 is 0 Å². The van der Waals surface area contributed by atoms with E-state index in [9.17, 15) is 15.0 Å². The molecule has 4 rings (SSSR count). The number of unbranched alkanes of at least 4 members (excludes halogenated alkanes) is 3. The van der Waals surface area contributed by atoms with Gasteiger partial charge in [-0.25, -0.2) is 0 Å². The van der Waals surface area contributed by atoms with Crippen molar-refractivity contribution in [3.8, 4) is 16.9 Å². The summed E-state index contributed by atoms with van der Waals surface area (Å²) in [6.45, 7) is 2.64. The summed E-state index contributed by atoms with van der Waals surface area (Å²) in [6, 6.07) is 15.5. The molecule has 0 radical (unpaired) electrons. The van der Waals surface area contributed by atoms with Crippen molar-refractivity contribution >= 4 is 5.91 Å². The van der Waals surface area contributed by atoms with Crippen molar-refractivity contribution in [1.29, 1.82) is 0 Å². The number of furan rings is 1. The quantitative estimate of drug-likeness (QED) is 0.306. The van der Waals surface area contributed by atoms with Gasteiger partial charge in [-0.3, -0.25) is 9.69 Å². The van der Waals surface area contributed by atoms with E-state index >= 15 is 0 Å². The molecule has 0 bridgehead atoms. The van der Waals surface area contributed by atoms with Crippen LogP contribution in [0, 0.1) is 0 Å². The van der Waals surface area contributed by atoms with E-state index in [0.29, 0.717) is 17.9 Å². The van der Waals surface area contributed by atoms with E-state index in [0.717, 1.165) is 49.7 Å². The summed E-state index contributed by atoms with van der Waals surface area (Å²) in [4.78, 5) is 14.6. The lowest BCUT2D eigenvalue weighted by atomic mass is 10.0. The van der Waals surface area contributed by atoms with Gasteiger partial charge in [0.05, 0.1) is 24.7 Å². The first-order chi connectivity index (χ1) is 16.0. The molecule has 2 N–H and O–H groups in total. The lowest BCUT2D eigenvalue weighted by Crippen LogP contribution is -2.51. The van der Waals surface area contributed by atoms with Gasteiger partial charge in [-0.05, 0) is 55.2 Å². The predicted octanol–water partition coefficient (Wildman–Crippen LogP) is 5.31. The molecule has 6 nitrogen and oxygen atoms in total. The van der Waals surface area contributed by atoms with E-state index in [1.54, 1.807) is 48.9 Å². The molecule has 3 aromatic rings. The highest BCUT2D eigenvalue weighted by molar-refractivity contribution is 5.95. The summed E-state index contributed by atoms with van der Waals surface area (Å²) in [6.07, 6.45) is 8.90. The van der Waals surface area contributed by atoms with Crippen LogP contribution in [0.25, 0.3) is 11.1 Å². The fraction of sp³-hybridized carbons (Fsp3) is 0.370. The monoisotopic (exact) mass is 449 g/mol. The molecule has 1 saturated carbocycles. The van der Waals surface area contributed by atoms with E-state index in [-0.39, 0.29) is 11.6 Å². The van der Waals surface area contributed by atoms with Crippen molar-refractivity contribution in [2.75, 3.05) is 6.61 Å². The summed E-state index contributed by atoms with van der Waals surface area (Å²) in [5.41, 5.74) is 2.39. The predicted molar refractivity (Wildman–Crippen MR) is 126 cm³/mol. The summed E-state index contributed by atoms with van der Waals surface area (Å²) < 4.78 is 11.0. The molecule has 1 amide bonds. The number of nitrogens with zero attached hydrogens (tertiary/aromatic N) is 1. The molecule has 33 heavy (non-hydrogen) atoms. The first kappa shape index (κ1) is 23.1. The number of carbonyl (C=O) groups is 1. The van der Waals surface area contributed by atoms with Crippen molar-refractivity contribution in [1.82, 2.24) is 4.90 Å². The number of hydrogen-bond acceptors (Lipinski definition) is 5. The zero-order valence-electron chi connectivity index (χ0n) is 18.9. The van der Waals surface area contributed by atoms with Crippen molar-refractivity contribution in [3.05, 3.63) is 78.3 Å². The molecular formula is C27H31NO5. The molecule has 1 aromatic heterocycles. The van der Waals surface area contributed by atoms with Crippen LogP contribution in [0.4, 0.5) is 0 Å². The Hall–Kier alpha value is -3.09. The normalized spacial score (nSPS) is 13.7. The maximum atomic E-state index is 13.4. The molecule has 0 spiro atoms. The number of hydrogen-bond donors (Lipinski definition) is 2. The van der Waals surface area contributed by atoms with Gasteiger partial charge in [0.15, 0.2) is 0 Å². The Bertz CT molecular complexity index is 1040.